The minimum atomic E-state index is 0.0444. The normalized spacial score (nSPS) is 11.6. The van der Waals surface area contributed by atoms with E-state index in [0.717, 1.165) is 40.7 Å². The van der Waals surface area contributed by atoms with E-state index in [1.54, 1.807) is 18.2 Å². The van der Waals surface area contributed by atoms with E-state index < -0.39 is 0 Å². The molecule has 0 aromatic heterocycles. The summed E-state index contributed by atoms with van der Waals surface area (Å²) in [5, 5.41) is 22.8. The lowest BCUT2D eigenvalue weighted by Crippen LogP contribution is -2.15. The summed E-state index contributed by atoms with van der Waals surface area (Å²) in [7, 11) is 0. The molecule has 0 aliphatic rings. The molecule has 5 heteroatoms. The van der Waals surface area contributed by atoms with Crippen molar-refractivity contribution in [3.05, 3.63) is 76.8 Å². The van der Waals surface area contributed by atoms with Crippen molar-refractivity contribution in [3.63, 3.8) is 0 Å². The highest BCUT2D eigenvalue weighted by molar-refractivity contribution is 6.31. The highest BCUT2D eigenvalue weighted by atomic mass is 35.5. The Bertz CT molecular complexity index is 982. The van der Waals surface area contributed by atoms with E-state index in [9.17, 15) is 10.3 Å². The SMILES string of the molecule is CCCc1cc(C(N)=NO)c(-c2cccc(Cl)c2)c(-c2ccc(O)cc2)c1. The maximum Gasteiger partial charge on any atom is 0.170 e. The first-order valence-electron chi connectivity index (χ1n) is 8.73. The Morgan fingerprint density at radius 1 is 1.04 bits per heavy atom. The second kappa shape index (κ2) is 8.14. The van der Waals surface area contributed by atoms with E-state index in [0.29, 0.717) is 10.6 Å². The van der Waals surface area contributed by atoms with E-state index >= 15 is 0 Å². The molecule has 0 aliphatic carbocycles. The summed E-state index contributed by atoms with van der Waals surface area (Å²) in [6, 6.07) is 18.5. The molecule has 0 amide bonds. The molecule has 4 N–H and O–H groups in total. The third kappa shape index (κ3) is 4.07. The van der Waals surface area contributed by atoms with Gasteiger partial charge in [0.1, 0.15) is 5.75 Å². The van der Waals surface area contributed by atoms with Crippen LogP contribution < -0.4 is 5.73 Å². The van der Waals surface area contributed by atoms with Crippen LogP contribution in [0.1, 0.15) is 24.5 Å². The van der Waals surface area contributed by atoms with Gasteiger partial charge in [0, 0.05) is 16.1 Å². The van der Waals surface area contributed by atoms with Crippen LogP contribution >= 0.6 is 11.6 Å². The first-order chi connectivity index (χ1) is 13.0. The number of halogens is 1. The quantitative estimate of drug-likeness (QED) is 0.239. The Balaban J connectivity index is 2.37. The van der Waals surface area contributed by atoms with Gasteiger partial charge in [-0.05, 0) is 59.0 Å². The number of aromatic hydroxyl groups is 1. The van der Waals surface area contributed by atoms with Crippen LogP contribution in [-0.4, -0.2) is 16.1 Å². The molecule has 0 radical (unpaired) electrons. The highest BCUT2D eigenvalue weighted by Gasteiger charge is 2.17. The van der Waals surface area contributed by atoms with Gasteiger partial charge >= 0.3 is 0 Å². The van der Waals surface area contributed by atoms with E-state index in [1.807, 2.05) is 36.4 Å². The number of aryl methyl sites for hydroxylation is 1. The Morgan fingerprint density at radius 2 is 1.78 bits per heavy atom. The molecule has 0 saturated carbocycles. The molecule has 0 aliphatic heterocycles. The Hall–Kier alpha value is -2.98. The summed E-state index contributed by atoms with van der Waals surface area (Å²) in [5.74, 6) is 0.243. The van der Waals surface area contributed by atoms with Crippen LogP contribution in [0, 0.1) is 0 Å². The second-order valence-electron chi connectivity index (χ2n) is 6.36. The van der Waals surface area contributed by atoms with Crippen molar-refractivity contribution in [2.24, 2.45) is 10.9 Å². The van der Waals surface area contributed by atoms with Gasteiger partial charge in [0.05, 0.1) is 0 Å². The molecular formula is C22H21ClN2O2. The zero-order valence-electron chi connectivity index (χ0n) is 15.0. The van der Waals surface area contributed by atoms with Crippen molar-refractivity contribution in [2.45, 2.75) is 19.8 Å². The average Bonchev–Trinajstić information content (AvgIpc) is 2.67. The van der Waals surface area contributed by atoms with Gasteiger partial charge in [-0.15, -0.1) is 0 Å². The third-order valence-corrected chi connectivity index (χ3v) is 4.65. The molecule has 3 rings (SSSR count). The smallest absolute Gasteiger partial charge is 0.170 e. The molecular weight excluding hydrogens is 360 g/mol. The van der Waals surface area contributed by atoms with Gasteiger partial charge in [-0.1, -0.05) is 60.4 Å². The standard InChI is InChI=1S/C22H21ClN2O2/c1-2-4-14-11-19(15-7-9-18(26)10-8-15)21(20(12-14)22(24)25-27)16-5-3-6-17(23)13-16/h3,5-13,26-27H,2,4H2,1H3,(H2,24,25). The molecule has 0 fully saturated rings. The fraction of sp³-hybridized carbons (Fsp3) is 0.136. The predicted octanol–water partition coefficient (Wildman–Crippen LogP) is 5.43. The zero-order chi connectivity index (χ0) is 19.4. The predicted molar refractivity (Wildman–Crippen MR) is 110 cm³/mol. The molecule has 3 aromatic rings. The molecule has 0 heterocycles. The van der Waals surface area contributed by atoms with Crippen LogP contribution in [0.15, 0.2) is 65.8 Å². The van der Waals surface area contributed by atoms with E-state index in [-0.39, 0.29) is 11.6 Å². The molecule has 3 aromatic carbocycles. The summed E-state index contributed by atoms with van der Waals surface area (Å²) in [5.41, 5.74) is 11.3. The van der Waals surface area contributed by atoms with Crippen LogP contribution in [0.4, 0.5) is 0 Å². The number of hydrogen-bond acceptors (Lipinski definition) is 3. The zero-order valence-corrected chi connectivity index (χ0v) is 15.7. The van der Waals surface area contributed by atoms with Crippen molar-refractivity contribution in [2.75, 3.05) is 0 Å². The van der Waals surface area contributed by atoms with Crippen molar-refractivity contribution in [3.8, 4) is 28.0 Å². The summed E-state index contributed by atoms with van der Waals surface area (Å²) in [6.07, 6.45) is 1.84. The highest BCUT2D eigenvalue weighted by Crippen LogP contribution is 2.38. The number of benzene rings is 3. The molecule has 138 valence electrons. The summed E-state index contributed by atoms with van der Waals surface area (Å²) in [6.45, 7) is 2.11. The second-order valence-corrected chi connectivity index (χ2v) is 6.79. The lowest BCUT2D eigenvalue weighted by Gasteiger charge is -2.18. The molecule has 0 saturated heterocycles. The number of rotatable bonds is 5. The van der Waals surface area contributed by atoms with Gasteiger partial charge < -0.3 is 16.0 Å². The van der Waals surface area contributed by atoms with Gasteiger partial charge in [0.2, 0.25) is 0 Å². The average molecular weight is 381 g/mol. The first kappa shape index (κ1) is 18.8. The Morgan fingerprint density at radius 3 is 2.41 bits per heavy atom. The van der Waals surface area contributed by atoms with Crippen LogP contribution in [0.25, 0.3) is 22.3 Å². The van der Waals surface area contributed by atoms with Crippen molar-refractivity contribution >= 4 is 17.4 Å². The number of phenols is 1. The minimum Gasteiger partial charge on any atom is -0.508 e. The lowest BCUT2D eigenvalue weighted by atomic mass is 9.87. The van der Waals surface area contributed by atoms with Crippen LogP contribution in [0.5, 0.6) is 5.75 Å². The fourth-order valence-corrected chi connectivity index (χ4v) is 3.40. The van der Waals surface area contributed by atoms with E-state index in [1.165, 1.54) is 0 Å². The van der Waals surface area contributed by atoms with E-state index in [2.05, 4.69) is 18.1 Å². The molecule has 0 spiro atoms. The van der Waals surface area contributed by atoms with Gasteiger partial charge in [-0.2, -0.15) is 0 Å². The Kier molecular flexibility index (Phi) is 5.67. The number of oxime groups is 1. The fourth-order valence-electron chi connectivity index (χ4n) is 3.21. The number of nitrogens with two attached hydrogens (primary N) is 1. The van der Waals surface area contributed by atoms with Gasteiger partial charge in [0.25, 0.3) is 0 Å². The van der Waals surface area contributed by atoms with Crippen LogP contribution in [0.3, 0.4) is 0 Å². The van der Waals surface area contributed by atoms with Crippen molar-refractivity contribution in [1.29, 1.82) is 0 Å². The first-order valence-corrected chi connectivity index (χ1v) is 9.11. The van der Waals surface area contributed by atoms with Gasteiger partial charge in [-0.25, -0.2) is 0 Å². The number of amidine groups is 1. The lowest BCUT2D eigenvalue weighted by molar-refractivity contribution is 0.318. The van der Waals surface area contributed by atoms with Crippen molar-refractivity contribution < 1.29 is 10.3 Å². The summed E-state index contributed by atoms with van der Waals surface area (Å²) >= 11 is 6.22. The number of hydrogen-bond donors (Lipinski definition) is 3. The molecule has 4 nitrogen and oxygen atoms in total. The van der Waals surface area contributed by atoms with Gasteiger partial charge in [-0.3, -0.25) is 0 Å². The number of nitrogens with zero attached hydrogens (tertiary/aromatic N) is 1. The van der Waals surface area contributed by atoms with Crippen LogP contribution in [-0.2, 0) is 6.42 Å². The molecule has 27 heavy (non-hydrogen) atoms. The van der Waals surface area contributed by atoms with Crippen LogP contribution in [0.2, 0.25) is 5.02 Å². The van der Waals surface area contributed by atoms with E-state index in [4.69, 9.17) is 17.3 Å². The number of phenolic OH excluding ortho intramolecular Hbond substituents is 1. The maximum atomic E-state index is 9.66. The van der Waals surface area contributed by atoms with Gasteiger partial charge in [0.15, 0.2) is 5.84 Å². The summed E-state index contributed by atoms with van der Waals surface area (Å²) in [4.78, 5) is 0. The third-order valence-electron chi connectivity index (χ3n) is 4.41. The summed E-state index contributed by atoms with van der Waals surface area (Å²) < 4.78 is 0. The topological polar surface area (TPSA) is 78.8 Å². The monoisotopic (exact) mass is 380 g/mol. The Labute approximate surface area is 163 Å². The van der Waals surface area contributed by atoms with Crippen molar-refractivity contribution in [1.82, 2.24) is 0 Å². The molecule has 0 atom stereocenters. The molecule has 0 bridgehead atoms. The molecule has 0 unspecified atom stereocenters. The minimum absolute atomic E-state index is 0.0444. The largest absolute Gasteiger partial charge is 0.508 e. The maximum absolute atomic E-state index is 9.66.